The van der Waals surface area contributed by atoms with E-state index < -0.39 is 0 Å². The summed E-state index contributed by atoms with van der Waals surface area (Å²) >= 11 is 8.65. The van der Waals surface area contributed by atoms with E-state index in [1.807, 2.05) is 36.6 Å². The molecule has 21 heavy (non-hydrogen) atoms. The third kappa shape index (κ3) is 3.20. The second-order valence-electron chi connectivity index (χ2n) is 4.31. The zero-order valence-electron chi connectivity index (χ0n) is 11.2. The van der Waals surface area contributed by atoms with Gasteiger partial charge in [-0.3, -0.25) is 0 Å². The smallest absolute Gasteiger partial charge is 0.226 e. The molecule has 3 aromatic rings. The molecule has 2 N–H and O–H groups in total. The summed E-state index contributed by atoms with van der Waals surface area (Å²) in [5, 5.41) is 9.59. The first-order valence-electron chi connectivity index (χ1n) is 6.38. The molecule has 7 heteroatoms. The molecule has 0 aliphatic carbocycles. The molecule has 0 fully saturated rings. The van der Waals surface area contributed by atoms with Crippen molar-refractivity contribution in [2.24, 2.45) is 0 Å². The molecule has 0 saturated heterocycles. The molecule has 2 aromatic heterocycles. The second-order valence-corrected chi connectivity index (χ2v) is 6.98. The van der Waals surface area contributed by atoms with Crippen LogP contribution in [0, 0.1) is 0 Å². The van der Waals surface area contributed by atoms with E-state index in [1.165, 1.54) is 0 Å². The van der Waals surface area contributed by atoms with Crippen molar-refractivity contribution in [1.29, 1.82) is 0 Å². The molecule has 0 amide bonds. The third-order valence-corrected chi connectivity index (χ3v) is 4.83. The van der Waals surface area contributed by atoms with Crippen LogP contribution in [0.15, 0.2) is 38.6 Å². The first-order chi connectivity index (χ1) is 10.2. The maximum Gasteiger partial charge on any atom is 0.226 e. The van der Waals surface area contributed by atoms with Gasteiger partial charge in [0.15, 0.2) is 0 Å². The highest BCUT2D eigenvalue weighted by atomic mass is 79.9. The normalized spacial score (nSPS) is 10.8. The molecule has 0 aliphatic heterocycles. The predicted molar refractivity (Wildman–Crippen MR) is 96.7 cm³/mol. The van der Waals surface area contributed by atoms with Gasteiger partial charge >= 0.3 is 0 Å². The van der Waals surface area contributed by atoms with Gasteiger partial charge in [-0.2, -0.15) is 4.98 Å². The lowest BCUT2D eigenvalue weighted by molar-refractivity contribution is 1.11. The molecule has 0 radical (unpaired) electrons. The van der Waals surface area contributed by atoms with Crippen molar-refractivity contribution >= 4 is 70.9 Å². The van der Waals surface area contributed by atoms with Crippen LogP contribution in [0.3, 0.4) is 0 Å². The molecule has 0 bridgehead atoms. The highest BCUT2D eigenvalue weighted by Crippen LogP contribution is 2.32. The van der Waals surface area contributed by atoms with Gasteiger partial charge < -0.3 is 10.6 Å². The number of nitrogens with zero attached hydrogens (tertiary/aromatic N) is 2. The van der Waals surface area contributed by atoms with Crippen LogP contribution < -0.4 is 10.6 Å². The van der Waals surface area contributed by atoms with Gasteiger partial charge in [0.05, 0.1) is 11.1 Å². The van der Waals surface area contributed by atoms with Gasteiger partial charge in [0.1, 0.15) is 10.6 Å². The van der Waals surface area contributed by atoms with Gasteiger partial charge in [0.25, 0.3) is 0 Å². The number of aromatic nitrogens is 2. The number of halogens is 2. The Morgan fingerprint density at radius 1 is 1.19 bits per heavy atom. The first-order valence-corrected chi connectivity index (χ1v) is 8.85. The Morgan fingerprint density at radius 3 is 2.86 bits per heavy atom. The monoisotopic (exact) mass is 426 g/mol. The van der Waals surface area contributed by atoms with Gasteiger partial charge in [0, 0.05) is 15.5 Å². The average Bonchev–Trinajstić information content (AvgIpc) is 2.92. The Morgan fingerprint density at radius 2 is 2.05 bits per heavy atom. The zero-order chi connectivity index (χ0) is 14.8. The van der Waals surface area contributed by atoms with Crippen LogP contribution >= 0.6 is 43.2 Å². The van der Waals surface area contributed by atoms with Gasteiger partial charge in [-0.15, -0.1) is 11.3 Å². The highest BCUT2D eigenvalue weighted by molar-refractivity contribution is 9.11. The van der Waals surface area contributed by atoms with E-state index in [0.717, 1.165) is 37.2 Å². The number of anilines is 3. The molecule has 0 saturated carbocycles. The van der Waals surface area contributed by atoms with Crippen LogP contribution in [-0.2, 0) is 0 Å². The summed E-state index contributed by atoms with van der Waals surface area (Å²) < 4.78 is 1.99. The van der Waals surface area contributed by atoms with Gasteiger partial charge in [0.2, 0.25) is 5.95 Å². The molecule has 0 unspecified atom stereocenters. The number of rotatable bonds is 4. The fourth-order valence-electron chi connectivity index (χ4n) is 1.91. The predicted octanol–water partition coefficient (Wildman–Crippen LogP) is 5.39. The summed E-state index contributed by atoms with van der Waals surface area (Å²) in [6.45, 7) is 2.82. The summed E-state index contributed by atoms with van der Waals surface area (Å²) in [6.07, 6.45) is 0. The van der Waals surface area contributed by atoms with Crippen LogP contribution in [0.2, 0.25) is 0 Å². The fourth-order valence-corrected chi connectivity index (χ4v) is 3.38. The maximum atomic E-state index is 4.57. The van der Waals surface area contributed by atoms with Gasteiger partial charge in [-0.25, -0.2) is 4.98 Å². The van der Waals surface area contributed by atoms with E-state index in [9.17, 15) is 0 Å². The van der Waals surface area contributed by atoms with E-state index in [2.05, 4.69) is 52.5 Å². The summed E-state index contributed by atoms with van der Waals surface area (Å²) in [5.41, 5.74) is 0.957. The summed E-state index contributed by atoms with van der Waals surface area (Å²) in [6, 6.07) is 8.02. The van der Waals surface area contributed by atoms with Crippen LogP contribution in [0.1, 0.15) is 6.92 Å². The lowest BCUT2D eigenvalue weighted by atomic mass is 10.3. The van der Waals surface area contributed by atoms with Crippen molar-refractivity contribution in [2.45, 2.75) is 6.92 Å². The Hall–Kier alpha value is -1.18. The topological polar surface area (TPSA) is 49.8 Å². The second kappa shape index (κ2) is 6.29. The van der Waals surface area contributed by atoms with E-state index in [-0.39, 0.29) is 0 Å². The number of thiophene rings is 1. The fraction of sp³-hybridized carbons (Fsp3) is 0.143. The van der Waals surface area contributed by atoms with Crippen molar-refractivity contribution < 1.29 is 0 Å². The SMILES string of the molecule is CCNc1nc(Nc2cc(Br)ccc2Br)c2ccsc2n1. The van der Waals surface area contributed by atoms with Crippen molar-refractivity contribution in [3.63, 3.8) is 0 Å². The zero-order valence-corrected chi connectivity index (χ0v) is 15.1. The standard InChI is InChI=1S/C14H12Br2N4S/c1-2-17-14-19-12(9-5-6-21-13(9)20-14)18-11-7-8(15)3-4-10(11)16/h3-7H,2H2,1H3,(H2,17,18,19,20). The highest BCUT2D eigenvalue weighted by Gasteiger charge is 2.10. The number of hydrogen-bond donors (Lipinski definition) is 2. The largest absolute Gasteiger partial charge is 0.354 e. The lowest BCUT2D eigenvalue weighted by Gasteiger charge is -2.11. The molecule has 0 atom stereocenters. The quantitative estimate of drug-likeness (QED) is 0.585. The third-order valence-electron chi connectivity index (χ3n) is 2.84. The molecule has 108 valence electrons. The van der Waals surface area contributed by atoms with Gasteiger partial charge in [-0.05, 0) is 52.5 Å². The van der Waals surface area contributed by atoms with Crippen LogP contribution in [0.25, 0.3) is 10.2 Å². The molecule has 0 aliphatic rings. The van der Waals surface area contributed by atoms with E-state index in [4.69, 9.17) is 0 Å². The van der Waals surface area contributed by atoms with Crippen molar-refractivity contribution in [1.82, 2.24) is 9.97 Å². The average molecular weight is 428 g/mol. The molecule has 3 rings (SSSR count). The van der Waals surface area contributed by atoms with Crippen molar-refractivity contribution in [3.05, 3.63) is 38.6 Å². The molecule has 4 nitrogen and oxygen atoms in total. The molecule has 2 heterocycles. The Kier molecular flexibility index (Phi) is 4.42. The van der Waals surface area contributed by atoms with E-state index >= 15 is 0 Å². The minimum atomic E-state index is 0.640. The summed E-state index contributed by atoms with van der Waals surface area (Å²) in [5.74, 6) is 1.44. The summed E-state index contributed by atoms with van der Waals surface area (Å²) in [4.78, 5) is 10.0. The Balaban J connectivity index is 2.06. The van der Waals surface area contributed by atoms with E-state index in [0.29, 0.717) is 5.95 Å². The number of fused-ring (bicyclic) bond motifs is 1. The molecular formula is C14H12Br2N4S. The Labute approximate surface area is 143 Å². The Bertz CT molecular complexity index is 788. The van der Waals surface area contributed by atoms with E-state index in [1.54, 1.807) is 11.3 Å². The van der Waals surface area contributed by atoms with Crippen molar-refractivity contribution in [2.75, 3.05) is 17.2 Å². The lowest BCUT2D eigenvalue weighted by Crippen LogP contribution is -2.04. The molecule has 0 spiro atoms. The number of nitrogens with one attached hydrogen (secondary N) is 2. The minimum Gasteiger partial charge on any atom is -0.354 e. The molecule has 1 aromatic carbocycles. The number of hydrogen-bond acceptors (Lipinski definition) is 5. The summed E-state index contributed by atoms with van der Waals surface area (Å²) in [7, 11) is 0. The molecular weight excluding hydrogens is 416 g/mol. The van der Waals surface area contributed by atoms with Crippen LogP contribution in [0.5, 0.6) is 0 Å². The minimum absolute atomic E-state index is 0.640. The van der Waals surface area contributed by atoms with Crippen LogP contribution in [0.4, 0.5) is 17.5 Å². The number of benzene rings is 1. The van der Waals surface area contributed by atoms with Crippen molar-refractivity contribution in [3.8, 4) is 0 Å². The first kappa shape index (κ1) is 14.7. The maximum absolute atomic E-state index is 4.57. The van der Waals surface area contributed by atoms with Crippen LogP contribution in [-0.4, -0.2) is 16.5 Å². The van der Waals surface area contributed by atoms with Gasteiger partial charge in [-0.1, -0.05) is 15.9 Å².